The van der Waals surface area contributed by atoms with Crippen molar-refractivity contribution in [1.29, 1.82) is 0 Å². The molecule has 0 N–H and O–H groups in total. The summed E-state index contributed by atoms with van der Waals surface area (Å²) in [5.41, 5.74) is 9.98. The van der Waals surface area contributed by atoms with Gasteiger partial charge in [0.1, 0.15) is 0 Å². The van der Waals surface area contributed by atoms with E-state index in [0.29, 0.717) is 0 Å². The maximum Gasteiger partial charge on any atom is -0.00141 e. The van der Waals surface area contributed by atoms with Gasteiger partial charge in [0.25, 0.3) is 0 Å². The zero-order chi connectivity index (χ0) is 29.0. The van der Waals surface area contributed by atoms with Crippen LogP contribution in [0.1, 0.15) is 0 Å². The predicted molar refractivity (Wildman–Crippen MR) is 189 cm³/mol. The molecule has 0 atom stereocenters. The molecular formula is C44H28. The second-order valence-corrected chi connectivity index (χ2v) is 11.7. The molecule has 0 unspecified atom stereocenters. The van der Waals surface area contributed by atoms with E-state index in [4.69, 9.17) is 0 Å². The molecule has 0 radical (unpaired) electrons. The van der Waals surface area contributed by atoms with Crippen LogP contribution in [0.3, 0.4) is 0 Å². The van der Waals surface area contributed by atoms with E-state index >= 15 is 0 Å². The number of fused-ring (bicyclic) bond motifs is 1. The average molecular weight is 557 g/mol. The molecule has 0 saturated carbocycles. The summed E-state index contributed by atoms with van der Waals surface area (Å²) in [4.78, 5) is 0. The van der Waals surface area contributed by atoms with Crippen molar-refractivity contribution < 1.29 is 0 Å². The minimum Gasteiger partial charge on any atom is -0.0622 e. The highest BCUT2D eigenvalue weighted by Gasteiger charge is 2.18. The predicted octanol–water partition coefficient (Wildman–Crippen LogP) is 12.4. The summed E-state index contributed by atoms with van der Waals surface area (Å²) < 4.78 is 0. The highest BCUT2D eigenvalue weighted by Crippen LogP contribution is 2.46. The first-order valence-corrected chi connectivity index (χ1v) is 15.3. The highest BCUT2D eigenvalue weighted by atomic mass is 14.2. The van der Waals surface area contributed by atoms with Crippen LogP contribution >= 0.6 is 0 Å². The largest absolute Gasteiger partial charge is 0.0622 e. The molecule has 0 aliphatic rings. The molecule has 0 heterocycles. The minimum atomic E-state index is 1.23. The SMILES string of the molecule is c1ccc(-c2ccc3ccc4c(-c5ccccc5)cc(-c5cccc(-c6ccc7ccccc7c6)c5)c5ccc2c3c45)cc1. The van der Waals surface area contributed by atoms with Crippen LogP contribution in [0.5, 0.6) is 0 Å². The van der Waals surface area contributed by atoms with E-state index in [2.05, 4.69) is 170 Å². The van der Waals surface area contributed by atoms with Crippen molar-refractivity contribution in [1.82, 2.24) is 0 Å². The molecule has 0 bridgehead atoms. The van der Waals surface area contributed by atoms with Gasteiger partial charge in [0, 0.05) is 0 Å². The molecule has 44 heavy (non-hydrogen) atoms. The normalized spacial score (nSPS) is 11.6. The third kappa shape index (κ3) is 3.92. The van der Waals surface area contributed by atoms with E-state index in [1.807, 2.05) is 0 Å². The molecular weight excluding hydrogens is 528 g/mol. The number of rotatable bonds is 4. The lowest BCUT2D eigenvalue weighted by molar-refractivity contribution is 1.61. The van der Waals surface area contributed by atoms with Crippen molar-refractivity contribution in [3.63, 3.8) is 0 Å². The lowest BCUT2D eigenvalue weighted by Crippen LogP contribution is -1.92. The number of hydrogen-bond donors (Lipinski definition) is 0. The lowest BCUT2D eigenvalue weighted by Gasteiger charge is -2.20. The lowest BCUT2D eigenvalue weighted by atomic mass is 9.84. The van der Waals surface area contributed by atoms with Crippen LogP contribution in [0.25, 0.3) is 87.6 Å². The molecule has 0 aliphatic heterocycles. The number of benzene rings is 9. The van der Waals surface area contributed by atoms with Crippen molar-refractivity contribution in [2.45, 2.75) is 0 Å². The Morgan fingerprint density at radius 1 is 0.227 bits per heavy atom. The maximum absolute atomic E-state index is 2.41. The molecule has 0 heteroatoms. The van der Waals surface area contributed by atoms with Gasteiger partial charge < -0.3 is 0 Å². The summed E-state index contributed by atoms with van der Waals surface area (Å²) in [7, 11) is 0. The van der Waals surface area contributed by atoms with Crippen LogP contribution in [-0.4, -0.2) is 0 Å². The van der Waals surface area contributed by atoms with Gasteiger partial charge in [-0.1, -0.05) is 152 Å². The van der Waals surface area contributed by atoms with Crippen LogP contribution in [-0.2, 0) is 0 Å². The van der Waals surface area contributed by atoms with Gasteiger partial charge >= 0.3 is 0 Å². The molecule has 0 nitrogen and oxygen atoms in total. The van der Waals surface area contributed by atoms with E-state index in [-0.39, 0.29) is 0 Å². The van der Waals surface area contributed by atoms with Gasteiger partial charge in [-0.3, -0.25) is 0 Å². The van der Waals surface area contributed by atoms with Crippen molar-refractivity contribution in [3.05, 3.63) is 170 Å². The summed E-state index contributed by atoms with van der Waals surface area (Å²) >= 11 is 0. The summed E-state index contributed by atoms with van der Waals surface area (Å²) in [5.74, 6) is 0. The molecule has 0 spiro atoms. The first-order valence-electron chi connectivity index (χ1n) is 15.3. The summed E-state index contributed by atoms with van der Waals surface area (Å²) in [6.07, 6.45) is 0. The molecule has 0 aromatic heterocycles. The Labute approximate surface area is 256 Å². The first kappa shape index (κ1) is 24.8. The second kappa shape index (κ2) is 9.93. The highest BCUT2D eigenvalue weighted by molar-refractivity contribution is 6.30. The molecule has 0 amide bonds. The molecule has 9 rings (SSSR count). The van der Waals surface area contributed by atoms with Gasteiger partial charge in [-0.15, -0.1) is 0 Å². The van der Waals surface area contributed by atoms with Crippen molar-refractivity contribution >= 4 is 43.1 Å². The fourth-order valence-electron chi connectivity index (χ4n) is 7.10. The van der Waals surface area contributed by atoms with Gasteiger partial charge in [0.05, 0.1) is 0 Å². The smallest absolute Gasteiger partial charge is 0.00141 e. The van der Waals surface area contributed by atoms with E-state index < -0.39 is 0 Å². The van der Waals surface area contributed by atoms with E-state index in [0.717, 1.165) is 0 Å². The summed E-state index contributed by atoms with van der Waals surface area (Å²) in [6.45, 7) is 0. The van der Waals surface area contributed by atoms with Gasteiger partial charge in [-0.05, 0) is 106 Å². The molecule has 0 fully saturated rings. The van der Waals surface area contributed by atoms with Crippen LogP contribution in [0.2, 0.25) is 0 Å². The Kier molecular flexibility index (Phi) is 5.61. The topological polar surface area (TPSA) is 0 Å². The van der Waals surface area contributed by atoms with Gasteiger partial charge in [-0.2, -0.15) is 0 Å². The first-order chi connectivity index (χ1) is 21.8. The molecule has 9 aromatic carbocycles. The van der Waals surface area contributed by atoms with Crippen LogP contribution in [0.15, 0.2) is 170 Å². The second-order valence-electron chi connectivity index (χ2n) is 11.7. The zero-order valence-electron chi connectivity index (χ0n) is 24.2. The molecule has 0 saturated heterocycles. The average Bonchev–Trinajstić information content (AvgIpc) is 3.11. The van der Waals surface area contributed by atoms with E-state index in [1.165, 1.54) is 87.6 Å². The van der Waals surface area contributed by atoms with Crippen LogP contribution in [0, 0.1) is 0 Å². The van der Waals surface area contributed by atoms with Crippen molar-refractivity contribution in [3.8, 4) is 44.5 Å². The summed E-state index contributed by atoms with van der Waals surface area (Å²) in [6, 6.07) is 62.3. The van der Waals surface area contributed by atoms with E-state index in [1.54, 1.807) is 0 Å². The third-order valence-electron chi connectivity index (χ3n) is 9.21. The fourth-order valence-corrected chi connectivity index (χ4v) is 7.10. The maximum atomic E-state index is 2.41. The van der Waals surface area contributed by atoms with Gasteiger partial charge in [-0.25, -0.2) is 0 Å². The van der Waals surface area contributed by atoms with Crippen molar-refractivity contribution in [2.75, 3.05) is 0 Å². The third-order valence-corrected chi connectivity index (χ3v) is 9.21. The Balaban J connectivity index is 1.34. The van der Waals surface area contributed by atoms with Crippen molar-refractivity contribution in [2.24, 2.45) is 0 Å². The molecule has 204 valence electrons. The quantitative estimate of drug-likeness (QED) is 0.189. The Bertz CT molecular complexity index is 2470. The number of hydrogen-bond acceptors (Lipinski definition) is 0. The van der Waals surface area contributed by atoms with Crippen LogP contribution in [0.4, 0.5) is 0 Å². The van der Waals surface area contributed by atoms with Gasteiger partial charge in [0.15, 0.2) is 0 Å². The Morgan fingerprint density at radius 2 is 0.750 bits per heavy atom. The monoisotopic (exact) mass is 556 g/mol. The fraction of sp³-hybridized carbons (Fsp3) is 0. The molecule has 0 aliphatic carbocycles. The van der Waals surface area contributed by atoms with E-state index in [9.17, 15) is 0 Å². The zero-order valence-corrected chi connectivity index (χ0v) is 24.2. The van der Waals surface area contributed by atoms with Gasteiger partial charge in [0.2, 0.25) is 0 Å². The molecule has 9 aromatic rings. The summed E-state index contributed by atoms with van der Waals surface area (Å²) in [5, 5.41) is 10.4. The Morgan fingerprint density at radius 3 is 1.52 bits per heavy atom. The Hall–Kier alpha value is -5.72. The van der Waals surface area contributed by atoms with Crippen LogP contribution < -0.4 is 0 Å². The standard InChI is InChI=1S/C44H28/c1-3-11-30(12-4-1)37-22-20-32-21-23-39-41(31-13-5-2-6-14-31)28-42(40-25-24-38(37)43(32)44(39)40)36-17-9-16-34(27-36)35-19-18-29-10-7-8-15-33(29)26-35/h1-28H. The minimum absolute atomic E-state index is 1.23.